The molecule has 0 fully saturated rings. The maximum absolute atomic E-state index is 13.6. The zero-order chi connectivity index (χ0) is 15.2. The minimum Gasteiger partial charge on any atom is -0.398 e. The summed E-state index contributed by atoms with van der Waals surface area (Å²) < 4.78 is 13.6. The Labute approximate surface area is 125 Å². The molecular weight excluding hydrogens is 265 g/mol. The molecule has 3 nitrogen and oxygen atoms in total. The fourth-order valence-electron chi connectivity index (χ4n) is 2.43. The highest BCUT2D eigenvalue weighted by atomic mass is 19.1. The molecule has 0 spiro atoms. The number of aryl methyl sites for hydroxylation is 1. The van der Waals surface area contributed by atoms with E-state index in [-0.39, 0.29) is 11.9 Å². The Hall–Kier alpha value is -1.94. The highest BCUT2D eigenvalue weighted by molar-refractivity contribution is 5.45. The van der Waals surface area contributed by atoms with Crippen molar-refractivity contribution in [1.29, 1.82) is 0 Å². The van der Waals surface area contributed by atoms with Crippen LogP contribution >= 0.6 is 0 Å². The van der Waals surface area contributed by atoms with Crippen LogP contribution in [0.2, 0.25) is 0 Å². The smallest absolute Gasteiger partial charge is 0.123 e. The highest BCUT2D eigenvalue weighted by Crippen LogP contribution is 2.24. The van der Waals surface area contributed by atoms with Crippen molar-refractivity contribution in [2.75, 3.05) is 12.3 Å². The predicted molar refractivity (Wildman–Crippen MR) is 84.5 cm³/mol. The van der Waals surface area contributed by atoms with Gasteiger partial charge in [0.15, 0.2) is 0 Å². The molecule has 112 valence electrons. The number of nitrogens with one attached hydrogen (secondary N) is 1. The molecule has 0 aliphatic carbocycles. The lowest BCUT2D eigenvalue weighted by atomic mass is 9.95. The average Bonchev–Trinajstić information content (AvgIpc) is 2.48. The van der Waals surface area contributed by atoms with Gasteiger partial charge in [-0.15, -0.1) is 0 Å². The summed E-state index contributed by atoms with van der Waals surface area (Å²) in [7, 11) is 0. The van der Waals surface area contributed by atoms with Gasteiger partial charge in [0.05, 0.1) is 0 Å². The zero-order valence-corrected chi connectivity index (χ0v) is 12.6. The number of halogens is 1. The monoisotopic (exact) mass is 287 g/mol. The molecule has 0 saturated carbocycles. The number of hydrogen-bond donors (Lipinski definition) is 2. The molecule has 2 aromatic rings. The molecule has 0 saturated heterocycles. The van der Waals surface area contributed by atoms with Crippen LogP contribution in [0, 0.1) is 12.7 Å². The van der Waals surface area contributed by atoms with Gasteiger partial charge < -0.3 is 11.1 Å². The number of nitrogens with zero attached hydrogens (tertiary/aromatic N) is 1. The Morgan fingerprint density at radius 3 is 2.86 bits per heavy atom. The van der Waals surface area contributed by atoms with Gasteiger partial charge in [0.2, 0.25) is 0 Å². The van der Waals surface area contributed by atoms with Crippen LogP contribution < -0.4 is 11.1 Å². The van der Waals surface area contributed by atoms with Gasteiger partial charge >= 0.3 is 0 Å². The number of rotatable bonds is 6. The SMILES string of the molecule is CCCNC(Cc1cnccc1N)c1cc(F)ccc1C. The third-order valence-corrected chi connectivity index (χ3v) is 3.62. The number of pyridine rings is 1. The van der Waals surface area contributed by atoms with Gasteiger partial charge in [-0.25, -0.2) is 4.39 Å². The number of nitrogen functional groups attached to an aromatic ring is 1. The standard InChI is InChI=1S/C17H22FN3/c1-3-7-21-17(9-13-11-20-8-6-16(13)19)15-10-14(18)5-4-12(15)2/h4-6,8,10-11,17,21H,3,7,9H2,1-2H3,(H2,19,20). The minimum atomic E-state index is -0.210. The van der Waals surface area contributed by atoms with Crippen molar-refractivity contribution in [3.8, 4) is 0 Å². The molecule has 2 rings (SSSR count). The number of nitrogens with two attached hydrogens (primary N) is 1. The normalized spacial score (nSPS) is 12.3. The Bertz CT molecular complexity index is 598. The molecule has 1 aromatic heterocycles. The maximum Gasteiger partial charge on any atom is 0.123 e. The van der Waals surface area contributed by atoms with E-state index in [1.54, 1.807) is 24.5 Å². The summed E-state index contributed by atoms with van der Waals surface area (Å²) >= 11 is 0. The third-order valence-electron chi connectivity index (χ3n) is 3.62. The Morgan fingerprint density at radius 2 is 2.14 bits per heavy atom. The average molecular weight is 287 g/mol. The fraction of sp³-hybridized carbons (Fsp3) is 0.353. The maximum atomic E-state index is 13.6. The van der Waals surface area contributed by atoms with Gasteiger partial charge in [-0.3, -0.25) is 4.98 Å². The van der Waals surface area contributed by atoms with Gasteiger partial charge in [-0.1, -0.05) is 13.0 Å². The number of hydrogen-bond acceptors (Lipinski definition) is 3. The lowest BCUT2D eigenvalue weighted by molar-refractivity contribution is 0.522. The Morgan fingerprint density at radius 1 is 1.33 bits per heavy atom. The molecule has 0 aliphatic rings. The minimum absolute atomic E-state index is 0.0344. The van der Waals surface area contributed by atoms with Crippen molar-refractivity contribution in [2.45, 2.75) is 32.7 Å². The van der Waals surface area contributed by atoms with Crippen LogP contribution in [-0.4, -0.2) is 11.5 Å². The molecule has 0 aliphatic heterocycles. The Kier molecular flexibility index (Phi) is 5.28. The fourth-order valence-corrected chi connectivity index (χ4v) is 2.43. The van der Waals surface area contributed by atoms with Gasteiger partial charge in [0.1, 0.15) is 5.82 Å². The second kappa shape index (κ2) is 7.18. The summed E-state index contributed by atoms with van der Waals surface area (Å²) in [5.74, 6) is -0.210. The van der Waals surface area contributed by atoms with E-state index in [0.717, 1.165) is 35.3 Å². The Balaban J connectivity index is 2.30. The van der Waals surface area contributed by atoms with E-state index in [4.69, 9.17) is 5.73 Å². The van der Waals surface area contributed by atoms with E-state index >= 15 is 0 Å². The summed E-state index contributed by atoms with van der Waals surface area (Å²) in [6.45, 7) is 4.99. The number of anilines is 1. The van der Waals surface area contributed by atoms with Crippen LogP contribution in [0.4, 0.5) is 10.1 Å². The summed E-state index contributed by atoms with van der Waals surface area (Å²) in [6.07, 6.45) is 5.18. The van der Waals surface area contributed by atoms with E-state index in [0.29, 0.717) is 6.42 Å². The molecule has 1 atom stereocenters. The van der Waals surface area contributed by atoms with Crippen LogP contribution in [0.5, 0.6) is 0 Å². The zero-order valence-electron chi connectivity index (χ0n) is 12.6. The van der Waals surface area contributed by atoms with E-state index in [9.17, 15) is 4.39 Å². The number of benzene rings is 1. The van der Waals surface area contributed by atoms with Crippen LogP contribution in [0.3, 0.4) is 0 Å². The molecule has 1 unspecified atom stereocenters. The van der Waals surface area contributed by atoms with Gasteiger partial charge in [0, 0.05) is 24.1 Å². The first kappa shape index (κ1) is 15.4. The highest BCUT2D eigenvalue weighted by Gasteiger charge is 2.16. The van der Waals surface area contributed by atoms with E-state index in [1.165, 1.54) is 6.07 Å². The molecular formula is C17H22FN3. The van der Waals surface area contributed by atoms with Crippen LogP contribution in [-0.2, 0) is 6.42 Å². The lowest BCUT2D eigenvalue weighted by Crippen LogP contribution is -2.25. The van der Waals surface area contributed by atoms with E-state index in [2.05, 4.69) is 17.2 Å². The topological polar surface area (TPSA) is 50.9 Å². The molecule has 0 bridgehead atoms. The second-order valence-corrected chi connectivity index (χ2v) is 5.29. The van der Waals surface area contributed by atoms with Crippen molar-refractivity contribution in [3.05, 3.63) is 59.2 Å². The molecule has 4 heteroatoms. The largest absolute Gasteiger partial charge is 0.398 e. The molecule has 1 aromatic carbocycles. The first-order valence-electron chi connectivity index (χ1n) is 7.29. The number of aromatic nitrogens is 1. The lowest BCUT2D eigenvalue weighted by Gasteiger charge is -2.21. The summed E-state index contributed by atoms with van der Waals surface area (Å²) in [6, 6.07) is 6.75. The molecule has 21 heavy (non-hydrogen) atoms. The third kappa shape index (κ3) is 4.02. The first-order chi connectivity index (χ1) is 10.1. The van der Waals surface area contributed by atoms with Crippen molar-refractivity contribution >= 4 is 5.69 Å². The summed E-state index contributed by atoms with van der Waals surface area (Å²) in [5, 5.41) is 3.48. The molecule has 3 N–H and O–H groups in total. The van der Waals surface area contributed by atoms with Crippen molar-refractivity contribution in [2.24, 2.45) is 0 Å². The molecule has 0 radical (unpaired) electrons. The predicted octanol–water partition coefficient (Wildman–Crippen LogP) is 3.39. The van der Waals surface area contributed by atoms with E-state index < -0.39 is 0 Å². The quantitative estimate of drug-likeness (QED) is 0.856. The van der Waals surface area contributed by atoms with Gasteiger partial charge in [-0.2, -0.15) is 0 Å². The van der Waals surface area contributed by atoms with Crippen LogP contribution in [0.1, 0.15) is 36.1 Å². The summed E-state index contributed by atoms with van der Waals surface area (Å²) in [4.78, 5) is 4.13. The summed E-state index contributed by atoms with van der Waals surface area (Å²) in [5.41, 5.74) is 9.76. The molecule has 0 amide bonds. The van der Waals surface area contributed by atoms with Crippen molar-refractivity contribution in [1.82, 2.24) is 10.3 Å². The van der Waals surface area contributed by atoms with E-state index in [1.807, 2.05) is 13.0 Å². The second-order valence-electron chi connectivity index (χ2n) is 5.29. The van der Waals surface area contributed by atoms with Crippen LogP contribution in [0.15, 0.2) is 36.7 Å². The van der Waals surface area contributed by atoms with Crippen LogP contribution in [0.25, 0.3) is 0 Å². The first-order valence-corrected chi connectivity index (χ1v) is 7.29. The van der Waals surface area contributed by atoms with Gasteiger partial charge in [0.25, 0.3) is 0 Å². The van der Waals surface area contributed by atoms with Crippen molar-refractivity contribution < 1.29 is 4.39 Å². The molecule has 1 heterocycles. The van der Waals surface area contributed by atoms with Gasteiger partial charge in [-0.05, 0) is 61.2 Å². The van der Waals surface area contributed by atoms with Crippen molar-refractivity contribution in [3.63, 3.8) is 0 Å².